The smallest absolute Gasteiger partial charge is 0.371 e. The Labute approximate surface area is 90.9 Å². The Bertz CT molecular complexity index is 378. The van der Waals surface area contributed by atoms with Crippen molar-refractivity contribution in [2.75, 3.05) is 0 Å². The highest BCUT2D eigenvalue weighted by Gasteiger charge is 2.58. The average Bonchev–Trinajstić information content (AvgIpc) is 2.26. The molecule has 0 spiro atoms. The van der Waals surface area contributed by atoms with E-state index in [1.165, 1.54) is 19.1 Å². The Morgan fingerprint density at radius 3 is 2.06 bits per heavy atom. The summed E-state index contributed by atoms with van der Waals surface area (Å²) in [6.45, 7) is 1.33. The van der Waals surface area contributed by atoms with Gasteiger partial charge >= 0.3 is 5.85 Å². The monoisotopic (exact) mass is 226 g/mol. The molecule has 0 unspecified atom stereocenters. The van der Waals surface area contributed by atoms with Gasteiger partial charge in [0.25, 0.3) is 0 Å². The van der Waals surface area contributed by atoms with Gasteiger partial charge in [0.05, 0.1) is 0 Å². The number of rotatable bonds is 5. The molecule has 0 aliphatic heterocycles. The van der Waals surface area contributed by atoms with E-state index in [2.05, 4.69) is 0 Å². The molecule has 0 atom stereocenters. The molecule has 16 heavy (non-hydrogen) atoms. The van der Waals surface area contributed by atoms with E-state index in [9.17, 15) is 20.2 Å². The van der Waals surface area contributed by atoms with Crippen LogP contribution in [0.1, 0.15) is 13.3 Å². The summed E-state index contributed by atoms with van der Waals surface area (Å²) >= 11 is 0. The first-order valence-electron chi connectivity index (χ1n) is 4.56. The number of ether oxygens (including phenoxy) is 1. The predicted octanol–water partition coefficient (Wildman–Crippen LogP) is 1.68. The lowest BCUT2D eigenvalue weighted by atomic mass is 10.3. The van der Waals surface area contributed by atoms with Crippen LogP contribution in [0, 0.1) is 20.2 Å². The lowest BCUT2D eigenvalue weighted by molar-refractivity contribution is -0.840. The van der Waals surface area contributed by atoms with Gasteiger partial charge in [-0.1, -0.05) is 18.2 Å². The van der Waals surface area contributed by atoms with E-state index >= 15 is 0 Å². The van der Waals surface area contributed by atoms with Crippen LogP contribution in [0.5, 0.6) is 5.75 Å². The summed E-state index contributed by atoms with van der Waals surface area (Å²) in [4.78, 5) is 19.4. The number of hydrogen-bond acceptors (Lipinski definition) is 5. The SMILES string of the molecule is CCC(Oc1ccccc1)([N+](=O)[O-])[N+](=O)[O-]. The molecule has 0 amide bonds. The van der Waals surface area contributed by atoms with Gasteiger partial charge in [0.2, 0.25) is 0 Å². The fourth-order valence-corrected chi connectivity index (χ4v) is 1.15. The maximum absolute atomic E-state index is 10.7. The van der Waals surface area contributed by atoms with Crippen LogP contribution in [0.25, 0.3) is 0 Å². The molecule has 86 valence electrons. The molecule has 7 heteroatoms. The molecule has 1 aromatic rings. The average molecular weight is 226 g/mol. The first-order chi connectivity index (χ1) is 7.53. The van der Waals surface area contributed by atoms with Crippen molar-refractivity contribution in [1.29, 1.82) is 0 Å². The van der Waals surface area contributed by atoms with Crippen molar-refractivity contribution in [1.82, 2.24) is 0 Å². The van der Waals surface area contributed by atoms with Crippen molar-refractivity contribution in [3.8, 4) is 5.75 Å². The molecule has 1 rings (SSSR count). The van der Waals surface area contributed by atoms with Gasteiger partial charge in [-0.15, -0.1) is 0 Å². The number of hydrogen-bond donors (Lipinski definition) is 0. The van der Waals surface area contributed by atoms with E-state index in [4.69, 9.17) is 4.74 Å². The zero-order valence-corrected chi connectivity index (χ0v) is 8.53. The second kappa shape index (κ2) is 4.56. The minimum atomic E-state index is -2.61. The summed E-state index contributed by atoms with van der Waals surface area (Å²) in [6.07, 6.45) is -0.359. The molecule has 0 heterocycles. The van der Waals surface area contributed by atoms with Crippen molar-refractivity contribution in [3.05, 3.63) is 50.6 Å². The molecule has 0 aliphatic rings. The van der Waals surface area contributed by atoms with Crippen LogP contribution in [0.2, 0.25) is 0 Å². The maximum Gasteiger partial charge on any atom is 0.619 e. The van der Waals surface area contributed by atoms with Gasteiger partial charge in [0.1, 0.15) is 22.0 Å². The summed E-state index contributed by atoms with van der Waals surface area (Å²) in [5.41, 5.74) is 0. The summed E-state index contributed by atoms with van der Waals surface area (Å²) in [7, 11) is 0. The van der Waals surface area contributed by atoms with E-state index in [0.29, 0.717) is 0 Å². The van der Waals surface area contributed by atoms with Gasteiger partial charge in [0, 0.05) is 0 Å². The Kier molecular flexibility index (Phi) is 3.39. The zero-order valence-electron chi connectivity index (χ0n) is 8.53. The Morgan fingerprint density at radius 2 is 1.69 bits per heavy atom. The molecule has 0 aliphatic carbocycles. The standard InChI is InChI=1S/C9H10N2O5/c1-2-9(10(12)13,11(14)15)16-8-6-4-3-5-7-8/h3-7H,2H2,1H3. The van der Waals surface area contributed by atoms with Crippen molar-refractivity contribution in [2.45, 2.75) is 19.2 Å². The third-order valence-electron chi connectivity index (χ3n) is 2.06. The highest BCUT2D eigenvalue weighted by Crippen LogP contribution is 2.22. The lowest BCUT2D eigenvalue weighted by Crippen LogP contribution is -2.51. The van der Waals surface area contributed by atoms with E-state index in [1.807, 2.05) is 0 Å². The molecule has 0 saturated heterocycles. The molecule has 0 aromatic heterocycles. The number of nitro groups is 2. The topological polar surface area (TPSA) is 95.5 Å². The lowest BCUT2D eigenvalue weighted by Gasteiger charge is -2.15. The summed E-state index contributed by atoms with van der Waals surface area (Å²) < 4.78 is 4.88. The van der Waals surface area contributed by atoms with Gasteiger partial charge in [-0.3, -0.25) is 20.2 Å². The van der Waals surface area contributed by atoms with Gasteiger partial charge in [0.15, 0.2) is 0 Å². The van der Waals surface area contributed by atoms with Crippen LogP contribution in [-0.2, 0) is 0 Å². The highest BCUT2D eigenvalue weighted by molar-refractivity contribution is 5.21. The van der Waals surface area contributed by atoms with Crippen molar-refractivity contribution >= 4 is 0 Å². The second-order valence-corrected chi connectivity index (χ2v) is 3.03. The third-order valence-corrected chi connectivity index (χ3v) is 2.06. The van der Waals surface area contributed by atoms with E-state index < -0.39 is 15.7 Å². The fourth-order valence-electron chi connectivity index (χ4n) is 1.15. The van der Waals surface area contributed by atoms with Crippen LogP contribution in [0.4, 0.5) is 0 Å². The first-order valence-corrected chi connectivity index (χ1v) is 4.56. The molecule has 0 saturated carbocycles. The van der Waals surface area contributed by atoms with Crippen LogP contribution in [0.15, 0.2) is 30.3 Å². The normalized spacial score (nSPS) is 10.8. The third kappa shape index (κ3) is 2.08. The Hall–Kier alpha value is -2.18. The number of para-hydroxylation sites is 1. The number of nitrogens with zero attached hydrogens (tertiary/aromatic N) is 2. The van der Waals surface area contributed by atoms with Gasteiger partial charge in [-0.2, -0.15) is 0 Å². The minimum Gasteiger partial charge on any atom is -0.371 e. The summed E-state index contributed by atoms with van der Waals surface area (Å²) in [6, 6.07) is 7.69. The van der Waals surface area contributed by atoms with Gasteiger partial charge in [-0.25, -0.2) is 0 Å². The molecule has 0 radical (unpaired) electrons. The zero-order chi connectivity index (χ0) is 12.2. The second-order valence-electron chi connectivity index (χ2n) is 3.03. The van der Waals surface area contributed by atoms with Crippen LogP contribution in [0.3, 0.4) is 0 Å². The van der Waals surface area contributed by atoms with E-state index in [1.54, 1.807) is 18.2 Å². The summed E-state index contributed by atoms with van der Waals surface area (Å²) in [5, 5.41) is 21.5. The minimum absolute atomic E-state index is 0.0951. The fraction of sp³-hybridized carbons (Fsp3) is 0.333. The highest BCUT2D eigenvalue weighted by atomic mass is 16.8. The van der Waals surface area contributed by atoms with Crippen LogP contribution >= 0.6 is 0 Å². The quantitative estimate of drug-likeness (QED) is 0.432. The number of benzene rings is 1. The van der Waals surface area contributed by atoms with E-state index in [-0.39, 0.29) is 12.2 Å². The van der Waals surface area contributed by atoms with Crippen molar-refractivity contribution in [2.24, 2.45) is 0 Å². The molecular formula is C9H10N2O5. The van der Waals surface area contributed by atoms with Crippen LogP contribution < -0.4 is 4.74 Å². The van der Waals surface area contributed by atoms with Crippen molar-refractivity contribution < 1.29 is 14.6 Å². The first kappa shape index (κ1) is 11.9. The van der Waals surface area contributed by atoms with E-state index in [0.717, 1.165) is 0 Å². The van der Waals surface area contributed by atoms with Gasteiger partial charge in [-0.05, 0) is 19.1 Å². The van der Waals surface area contributed by atoms with Gasteiger partial charge < -0.3 is 4.74 Å². The molecule has 0 fully saturated rings. The molecule has 1 aromatic carbocycles. The largest absolute Gasteiger partial charge is 0.619 e. The Balaban J connectivity index is 3.04. The molecule has 0 bridgehead atoms. The summed E-state index contributed by atoms with van der Waals surface area (Å²) in [5.74, 6) is -2.51. The molecular weight excluding hydrogens is 216 g/mol. The Morgan fingerprint density at radius 1 is 1.19 bits per heavy atom. The van der Waals surface area contributed by atoms with Crippen molar-refractivity contribution in [3.63, 3.8) is 0 Å². The molecule has 0 N–H and O–H groups in total. The predicted molar refractivity (Wildman–Crippen MR) is 54.1 cm³/mol. The van der Waals surface area contributed by atoms with Crippen LogP contribution in [-0.4, -0.2) is 15.7 Å². The maximum atomic E-state index is 10.7. The molecule has 7 nitrogen and oxygen atoms in total.